The van der Waals surface area contributed by atoms with Crippen LogP contribution >= 0.6 is 0 Å². The number of nitriles is 1. The van der Waals surface area contributed by atoms with Crippen molar-refractivity contribution >= 4 is 0 Å². The summed E-state index contributed by atoms with van der Waals surface area (Å²) in [6.45, 7) is 5.41. The average molecular weight is 247 g/mol. The number of rotatable bonds is 8. The van der Waals surface area contributed by atoms with Crippen molar-refractivity contribution in [3.63, 3.8) is 0 Å². The standard InChI is InChI=1S/C15H21NO2/c1-3-4-13(2)17-11-12-18-15-7-5-14(6-8-15)9-10-16/h5-8,13H,3-4,9,11-12H2,1-2H3. The highest BCUT2D eigenvalue weighted by Gasteiger charge is 2.00. The Balaban J connectivity index is 2.21. The predicted molar refractivity (Wildman–Crippen MR) is 71.6 cm³/mol. The van der Waals surface area contributed by atoms with Gasteiger partial charge in [0.05, 0.1) is 25.2 Å². The molecule has 0 aliphatic carbocycles. The van der Waals surface area contributed by atoms with Crippen LogP contribution in [0.4, 0.5) is 0 Å². The SMILES string of the molecule is CCCC(C)OCCOc1ccc(CC#N)cc1. The fourth-order valence-corrected chi connectivity index (χ4v) is 1.69. The van der Waals surface area contributed by atoms with E-state index in [1.807, 2.05) is 24.3 Å². The first-order chi connectivity index (χ1) is 8.76. The van der Waals surface area contributed by atoms with Gasteiger partial charge in [0, 0.05) is 0 Å². The molecule has 1 unspecified atom stereocenters. The average Bonchev–Trinajstić information content (AvgIpc) is 2.37. The third kappa shape index (κ3) is 5.70. The van der Waals surface area contributed by atoms with Crippen molar-refractivity contribution in [2.24, 2.45) is 0 Å². The molecule has 0 N–H and O–H groups in total. The van der Waals surface area contributed by atoms with Crippen LogP contribution in [0.25, 0.3) is 0 Å². The molecule has 0 heterocycles. The zero-order valence-corrected chi connectivity index (χ0v) is 11.2. The molecule has 0 amide bonds. The van der Waals surface area contributed by atoms with E-state index in [0.29, 0.717) is 25.7 Å². The minimum absolute atomic E-state index is 0.302. The molecule has 0 saturated carbocycles. The Morgan fingerprint density at radius 3 is 2.56 bits per heavy atom. The summed E-state index contributed by atoms with van der Waals surface area (Å²) >= 11 is 0. The molecule has 18 heavy (non-hydrogen) atoms. The van der Waals surface area contributed by atoms with Crippen molar-refractivity contribution in [2.45, 2.75) is 39.2 Å². The molecule has 0 spiro atoms. The van der Waals surface area contributed by atoms with E-state index in [1.165, 1.54) is 0 Å². The Morgan fingerprint density at radius 1 is 1.22 bits per heavy atom. The smallest absolute Gasteiger partial charge is 0.119 e. The van der Waals surface area contributed by atoms with Crippen molar-refractivity contribution in [2.75, 3.05) is 13.2 Å². The maximum absolute atomic E-state index is 8.56. The molecule has 0 saturated heterocycles. The van der Waals surface area contributed by atoms with E-state index in [1.54, 1.807) is 0 Å². The quantitative estimate of drug-likeness (QED) is 0.662. The van der Waals surface area contributed by atoms with Gasteiger partial charge in [0.2, 0.25) is 0 Å². The first-order valence-corrected chi connectivity index (χ1v) is 6.46. The van der Waals surface area contributed by atoms with Crippen molar-refractivity contribution in [1.82, 2.24) is 0 Å². The van der Waals surface area contributed by atoms with E-state index in [0.717, 1.165) is 24.2 Å². The van der Waals surface area contributed by atoms with Crippen LogP contribution in [0.15, 0.2) is 24.3 Å². The molecule has 3 heteroatoms. The van der Waals surface area contributed by atoms with Gasteiger partial charge in [-0.25, -0.2) is 0 Å². The van der Waals surface area contributed by atoms with Crippen LogP contribution in [0, 0.1) is 11.3 Å². The lowest BCUT2D eigenvalue weighted by Gasteiger charge is -2.12. The molecule has 0 radical (unpaired) electrons. The summed E-state index contributed by atoms with van der Waals surface area (Å²) in [6.07, 6.45) is 2.97. The third-order valence-electron chi connectivity index (χ3n) is 2.66. The van der Waals surface area contributed by atoms with Crippen LogP contribution in [-0.2, 0) is 11.2 Å². The minimum atomic E-state index is 0.302. The Kier molecular flexibility index (Phi) is 6.90. The van der Waals surface area contributed by atoms with Crippen molar-refractivity contribution in [3.8, 4) is 11.8 Å². The van der Waals surface area contributed by atoms with Gasteiger partial charge in [-0.1, -0.05) is 25.5 Å². The second-order valence-corrected chi connectivity index (χ2v) is 4.30. The number of nitrogens with zero attached hydrogens (tertiary/aromatic N) is 1. The van der Waals surface area contributed by atoms with Gasteiger partial charge >= 0.3 is 0 Å². The minimum Gasteiger partial charge on any atom is -0.491 e. The van der Waals surface area contributed by atoms with Crippen molar-refractivity contribution in [3.05, 3.63) is 29.8 Å². The van der Waals surface area contributed by atoms with E-state index < -0.39 is 0 Å². The zero-order chi connectivity index (χ0) is 13.2. The summed E-state index contributed by atoms with van der Waals surface area (Å²) in [7, 11) is 0. The van der Waals surface area contributed by atoms with Crippen LogP contribution in [-0.4, -0.2) is 19.3 Å². The largest absolute Gasteiger partial charge is 0.491 e. The van der Waals surface area contributed by atoms with Gasteiger partial charge < -0.3 is 9.47 Å². The Morgan fingerprint density at radius 2 is 1.94 bits per heavy atom. The molecule has 0 bridgehead atoms. The number of hydrogen-bond acceptors (Lipinski definition) is 3. The maximum Gasteiger partial charge on any atom is 0.119 e. The lowest BCUT2D eigenvalue weighted by molar-refractivity contribution is 0.0395. The highest BCUT2D eigenvalue weighted by atomic mass is 16.5. The highest BCUT2D eigenvalue weighted by molar-refractivity contribution is 5.28. The van der Waals surface area contributed by atoms with Gasteiger partial charge in [-0.2, -0.15) is 5.26 Å². The van der Waals surface area contributed by atoms with Gasteiger partial charge in [0.15, 0.2) is 0 Å². The van der Waals surface area contributed by atoms with E-state index >= 15 is 0 Å². The van der Waals surface area contributed by atoms with Gasteiger partial charge in [0.1, 0.15) is 12.4 Å². The first kappa shape index (κ1) is 14.5. The van der Waals surface area contributed by atoms with Gasteiger partial charge in [0.25, 0.3) is 0 Å². The maximum atomic E-state index is 8.56. The van der Waals surface area contributed by atoms with E-state index in [9.17, 15) is 0 Å². The Labute approximate surface area is 109 Å². The van der Waals surface area contributed by atoms with Gasteiger partial charge in [-0.3, -0.25) is 0 Å². The second kappa shape index (κ2) is 8.54. The van der Waals surface area contributed by atoms with E-state index in [2.05, 4.69) is 19.9 Å². The second-order valence-electron chi connectivity index (χ2n) is 4.30. The Bertz CT molecular complexity index is 367. The number of benzene rings is 1. The van der Waals surface area contributed by atoms with Gasteiger partial charge in [-0.15, -0.1) is 0 Å². The van der Waals surface area contributed by atoms with Crippen LogP contribution < -0.4 is 4.74 Å². The molecule has 0 aliphatic rings. The Hall–Kier alpha value is -1.53. The summed E-state index contributed by atoms with van der Waals surface area (Å²) < 4.78 is 11.2. The topological polar surface area (TPSA) is 42.2 Å². The molecule has 0 aromatic heterocycles. The fourth-order valence-electron chi connectivity index (χ4n) is 1.69. The van der Waals surface area contributed by atoms with Crippen LogP contribution in [0.5, 0.6) is 5.75 Å². The molecule has 1 atom stereocenters. The van der Waals surface area contributed by atoms with Crippen LogP contribution in [0.3, 0.4) is 0 Å². The highest BCUT2D eigenvalue weighted by Crippen LogP contribution is 2.12. The summed E-state index contributed by atoms with van der Waals surface area (Å²) in [5.74, 6) is 0.823. The molecular weight excluding hydrogens is 226 g/mol. The number of ether oxygens (including phenoxy) is 2. The molecule has 1 rings (SSSR count). The molecule has 0 fully saturated rings. The lowest BCUT2D eigenvalue weighted by atomic mass is 10.2. The molecule has 0 aliphatic heterocycles. The third-order valence-corrected chi connectivity index (χ3v) is 2.66. The van der Waals surface area contributed by atoms with E-state index in [4.69, 9.17) is 14.7 Å². The molecule has 3 nitrogen and oxygen atoms in total. The monoisotopic (exact) mass is 247 g/mol. The van der Waals surface area contributed by atoms with Crippen LogP contribution in [0.2, 0.25) is 0 Å². The molecular formula is C15H21NO2. The summed E-state index contributed by atoms with van der Waals surface area (Å²) in [4.78, 5) is 0. The predicted octanol–water partition coefficient (Wildman–Crippen LogP) is 3.34. The van der Waals surface area contributed by atoms with E-state index in [-0.39, 0.29) is 0 Å². The zero-order valence-electron chi connectivity index (χ0n) is 11.2. The van der Waals surface area contributed by atoms with Crippen molar-refractivity contribution < 1.29 is 9.47 Å². The molecule has 98 valence electrons. The lowest BCUT2D eigenvalue weighted by Crippen LogP contribution is -2.13. The molecule has 1 aromatic carbocycles. The normalized spacial score (nSPS) is 11.8. The van der Waals surface area contributed by atoms with Crippen molar-refractivity contribution in [1.29, 1.82) is 5.26 Å². The summed E-state index contributed by atoms with van der Waals surface area (Å²) in [5.41, 5.74) is 1.01. The molecule has 1 aromatic rings. The van der Waals surface area contributed by atoms with Crippen LogP contribution in [0.1, 0.15) is 32.3 Å². The fraction of sp³-hybridized carbons (Fsp3) is 0.533. The summed E-state index contributed by atoms with van der Waals surface area (Å²) in [6, 6.07) is 9.73. The first-order valence-electron chi connectivity index (χ1n) is 6.46. The van der Waals surface area contributed by atoms with Gasteiger partial charge in [-0.05, 0) is 31.0 Å². The number of hydrogen-bond donors (Lipinski definition) is 0. The summed E-state index contributed by atoms with van der Waals surface area (Å²) in [5, 5.41) is 8.56.